The minimum absolute atomic E-state index is 0.0961. The maximum Gasteiger partial charge on any atom is 0.311 e. The van der Waals surface area contributed by atoms with Gasteiger partial charge in [-0.2, -0.15) is 0 Å². The Morgan fingerprint density at radius 2 is 2.24 bits per heavy atom. The lowest BCUT2D eigenvalue weighted by Crippen LogP contribution is -1.98. The van der Waals surface area contributed by atoms with E-state index in [2.05, 4.69) is 15.2 Å². The normalized spacial score (nSPS) is 10.4. The number of rotatable bonds is 3. The lowest BCUT2D eigenvalue weighted by molar-refractivity contribution is -0.384. The third kappa shape index (κ3) is 2.68. The molecule has 2 N–H and O–H groups in total. The summed E-state index contributed by atoms with van der Waals surface area (Å²) >= 11 is 2.70. The molecular weight excluding hydrogens is 262 g/mol. The monoisotopic (exact) mass is 269 g/mol. The van der Waals surface area contributed by atoms with Crippen LogP contribution < -0.4 is 5.73 Å². The van der Waals surface area contributed by atoms with Gasteiger partial charge in [0.05, 0.1) is 4.92 Å². The van der Waals surface area contributed by atoms with Crippen LogP contribution in [0.3, 0.4) is 0 Å². The summed E-state index contributed by atoms with van der Waals surface area (Å²) in [5, 5.41) is 19.7. The van der Waals surface area contributed by atoms with E-state index in [4.69, 9.17) is 5.73 Å². The smallest absolute Gasteiger partial charge is 0.311 e. The average molecular weight is 269 g/mol. The van der Waals surface area contributed by atoms with E-state index in [1.807, 2.05) is 6.92 Å². The maximum absolute atomic E-state index is 10.6. The molecule has 0 aliphatic heterocycles. The van der Waals surface area contributed by atoms with E-state index in [0.29, 0.717) is 5.03 Å². The summed E-state index contributed by atoms with van der Waals surface area (Å²) in [6, 6.07) is 2.87. The first kappa shape index (κ1) is 11.7. The first-order chi connectivity index (χ1) is 8.06. The van der Waals surface area contributed by atoms with Crippen molar-refractivity contribution in [2.75, 3.05) is 5.73 Å². The van der Waals surface area contributed by atoms with Crippen molar-refractivity contribution in [3.05, 3.63) is 27.3 Å². The second-order valence-electron chi connectivity index (χ2n) is 3.00. The van der Waals surface area contributed by atoms with Crippen molar-refractivity contribution in [1.29, 1.82) is 0 Å². The van der Waals surface area contributed by atoms with Gasteiger partial charge in [-0.25, -0.2) is 4.98 Å². The van der Waals surface area contributed by atoms with E-state index in [1.54, 1.807) is 0 Å². The maximum atomic E-state index is 10.6. The Kier molecular flexibility index (Phi) is 3.20. The fourth-order valence-electron chi connectivity index (χ4n) is 1.07. The van der Waals surface area contributed by atoms with Crippen LogP contribution in [0.5, 0.6) is 0 Å². The molecule has 9 heteroatoms. The second-order valence-corrected chi connectivity index (χ2v) is 5.45. The molecule has 17 heavy (non-hydrogen) atoms. The molecule has 2 aromatic heterocycles. The lowest BCUT2D eigenvalue weighted by atomic mass is 10.4. The minimum Gasteiger partial charge on any atom is -0.378 e. The molecule has 2 aromatic rings. The van der Waals surface area contributed by atoms with Crippen molar-refractivity contribution in [2.24, 2.45) is 0 Å². The number of pyridine rings is 1. The summed E-state index contributed by atoms with van der Waals surface area (Å²) in [4.78, 5) is 13.9. The SMILES string of the molecule is Cc1nnc(Sc2ccc([N+](=O)[O-])c(N)n2)s1. The Labute approximate surface area is 104 Å². The van der Waals surface area contributed by atoms with Crippen LogP contribution in [0.2, 0.25) is 0 Å². The summed E-state index contributed by atoms with van der Waals surface area (Å²) < 4.78 is 0.725. The summed E-state index contributed by atoms with van der Waals surface area (Å²) in [7, 11) is 0. The summed E-state index contributed by atoms with van der Waals surface area (Å²) in [6.45, 7) is 1.85. The van der Waals surface area contributed by atoms with Crippen LogP contribution in [0.25, 0.3) is 0 Å². The van der Waals surface area contributed by atoms with E-state index < -0.39 is 4.92 Å². The Bertz CT molecular complexity index is 571. The molecule has 0 atom stereocenters. The third-order valence-electron chi connectivity index (χ3n) is 1.77. The van der Waals surface area contributed by atoms with Crippen LogP contribution in [-0.2, 0) is 0 Å². The molecule has 0 aliphatic carbocycles. The Hall–Kier alpha value is -1.74. The molecule has 0 aliphatic rings. The highest BCUT2D eigenvalue weighted by atomic mass is 32.2. The predicted molar refractivity (Wildman–Crippen MR) is 64.1 cm³/mol. The van der Waals surface area contributed by atoms with Gasteiger partial charge in [-0.3, -0.25) is 10.1 Å². The number of aryl methyl sites for hydroxylation is 1. The summed E-state index contributed by atoms with van der Waals surface area (Å²) in [6.07, 6.45) is 0. The van der Waals surface area contributed by atoms with Crippen molar-refractivity contribution in [2.45, 2.75) is 16.3 Å². The van der Waals surface area contributed by atoms with Gasteiger partial charge in [0.1, 0.15) is 10.0 Å². The number of anilines is 1. The molecule has 0 aromatic carbocycles. The van der Waals surface area contributed by atoms with Gasteiger partial charge in [0.2, 0.25) is 5.82 Å². The molecule has 0 radical (unpaired) electrons. The highest BCUT2D eigenvalue weighted by Crippen LogP contribution is 2.31. The fraction of sp³-hybridized carbons (Fsp3) is 0.125. The van der Waals surface area contributed by atoms with Crippen LogP contribution in [0.4, 0.5) is 11.5 Å². The van der Waals surface area contributed by atoms with Crippen LogP contribution in [0.15, 0.2) is 21.5 Å². The van der Waals surface area contributed by atoms with Crippen molar-refractivity contribution < 1.29 is 4.92 Å². The molecule has 0 unspecified atom stereocenters. The fourth-order valence-corrected chi connectivity index (χ4v) is 2.81. The standard InChI is InChI=1S/C8H7N5O2S2/c1-4-11-12-8(16-4)17-6-3-2-5(13(14)15)7(9)10-6/h2-3H,1H3,(H2,9,10). The van der Waals surface area contributed by atoms with Crippen molar-refractivity contribution >= 4 is 34.6 Å². The van der Waals surface area contributed by atoms with Crippen molar-refractivity contribution in [1.82, 2.24) is 15.2 Å². The first-order valence-corrected chi connectivity index (χ1v) is 6.08. The molecule has 0 saturated carbocycles. The largest absolute Gasteiger partial charge is 0.378 e. The lowest BCUT2D eigenvalue weighted by Gasteiger charge is -1.99. The zero-order chi connectivity index (χ0) is 12.4. The van der Waals surface area contributed by atoms with Gasteiger partial charge in [0.25, 0.3) is 0 Å². The molecule has 0 saturated heterocycles. The molecule has 0 fully saturated rings. The number of hydrogen-bond donors (Lipinski definition) is 1. The van der Waals surface area contributed by atoms with E-state index in [1.165, 1.54) is 35.2 Å². The summed E-state index contributed by atoms with van der Waals surface area (Å²) in [5.41, 5.74) is 5.29. The van der Waals surface area contributed by atoms with Crippen LogP contribution >= 0.6 is 23.1 Å². The molecule has 2 heterocycles. The number of nitro groups is 1. The van der Waals surface area contributed by atoms with Gasteiger partial charge in [-0.15, -0.1) is 10.2 Å². The molecule has 88 valence electrons. The van der Waals surface area contributed by atoms with E-state index in [9.17, 15) is 10.1 Å². The molecule has 7 nitrogen and oxygen atoms in total. The highest BCUT2D eigenvalue weighted by molar-refractivity contribution is 8.01. The predicted octanol–water partition coefficient (Wildman–Crippen LogP) is 1.88. The van der Waals surface area contributed by atoms with E-state index >= 15 is 0 Å². The van der Waals surface area contributed by atoms with Crippen LogP contribution in [0, 0.1) is 17.0 Å². The average Bonchev–Trinajstić information content (AvgIpc) is 2.63. The van der Waals surface area contributed by atoms with E-state index in [-0.39, 0.29) is 11.5 Å². The van der Waals surface area contributed by atoms with Gasteiger partial charge < -0.3 is 5.73 Å². The summed E-state index contributed by atoms with van der Waals surface area (Å²) in [5.74, 6) is -0.0961. The van der Waals surface area contributed by atoms with E-state index in [0.717, 1.165) is 9.35 Å². The number of hydrogen-bond acceptors (Lipinski definition) is 8. The Morgan fingerprint density at radius 3 is 2.76 bits per heavy atom. The van der Waals surface area contributed by atoms with Gasteiger partial charge in [0, 0.05) is 6.07 Å². The minimum atomic E-state index is -0.564. The Balaban J connectivity index is 2.23. The van der Waals surface area contributed by atoms with Gasteiger partial charge >= 0.3 is 5.69 Å². The molecule has 0 bridgehead atoms. The molecule has 0 amide bonds. The van der Waals surface area contributed by atoms with Gasteiger partial charge in [-0.05, 0) is 24.8 Å². The zero-order valence-corrected chi connectivity index (χ0v) is 10.3. The highest BCUT2D eigenvalue weighted by Gasteiger charge is 2.14. The van der Waals surface area contributed by atoms with Gasteiger partial charge in [0.15, 0.2) is 4.34 Å². The molecular formula is C8H7N5O2S2. The van der Waals surface area contributed by atoms with Crippen LogP contribution in [0.1, 0.15) is 5.01 Å². The zero-order valence-electron chi connectivity index (χ0n) is 8.65. The van der Waals surface area contributed by atoms with Gasteiger partial charge in [-0.1, -0.05) is 11.3 Å². The Morgan fingerprint density at radius 1 is 1.47 bits per heavy atom. The van der Waals surface area contributed by atoms with Crippen molar-refractivity contribution in [3.8, 4) is 0 Å². The number of nitrogens with zero attached hydrogens (tertiary/aromatic N) is 4. The van der Waals surface area contributed by atoms with Crippen molar-refractivity contribution in [3.63, 3.8) is 0 Å². The molecule has 2 rings (SSSR count). The first-order valence-electron chi connectivity index (χ1n) is 4.45. The number of nitrogen functional groups attached to an aromatic ring is 1. The molecule has 0 spiro atoms. The quantitative estimate of drug-likeness (QED) is 0.669. The second kappa shape index (κ2) is 4.63. The number of aromatic nitrogens is 3. The topological polar surface area (TPSA) is 108 Å². The van der Waals surface area contributed by atoms with Crippen LogP contribution in [-0.4, -0.2) is 20.1 Å². The third-order valence-corrected chi connectivity index (χ3v) is 3.60. The number of nitrogens with two attached hydrogens (primary N) is 1.